The van der Waals surface area contributed by atoms with Crippen molar-refractivity contribution in [2.75, 3.05) is 31.5 Å². The van der Waals surface area contributed by atoms with E-state index in [0.717, 1.165) is 25.2 Å². The summed E-state index contributed by atoms with van der Waals surface area (Å²) in [6.45, 7) is 7.90. The van der Waals surface area contributed by atoms with Gasteiger partial charge in [-0.1, -0.05) is 0 Å². The zero-order chi connectivity index (χ0) is 14.5. The molecule has 0 saturated carbocycles. The second-order valence-electron chi connectivity index (χ2n) is 5.41. The van der Waals surface area contributed by atoms with Gasteiger partial charge in [-0.2, -0.15) is 0 Å². The van der Waals surface area contributed by atoms with Crippen molar-refractivity contribution >= 4 is 11.7 Å². The monoisotopic (exact) mass is 277 g/mol. The Morgan fingerprint density at radius 2 is 2.10 bits per heavy atom. The van der Waals surface area contributed by atoms with E-state index in [1.807, 2.05) is 13.0 Å². The van der Waals surface area contributed by atoms with Crippen LogP contribution in [0.15, 0.2) is 6.07 Å². The molecule has 1 aromatic rings. The maximum Gasteiger partial charge on any atom is 0.339 e. The van der Waals surface area contributed by atoms with Gasteiger partial charge in [0.05, 0.1) is 11.4 Å². The van der Waals surface area contributed by atoms with Crippen LogP contribution in [0.3, 0.4) is 0 Å². The smallest absolute Gasteiger partial charge is 0.339 e. The van der Waals surface area contributed by atoms with Crippen LogP contribution in [0.25, 0.3) is 0 Å². The molecule has 0 radical (unpaired) electrons. The summed E-state index contributed by atoms with van der Waals surface area (Å²) in [4.78, 5) is 18.0. The van der Waals surface area contributed by atoms with Crippen LogP contribution in [0.4, 0.5) is 5.69 Å². The van der Waals surface area contributed by atoms with Gasteiger partial charge in [0.1, 0.15) is 5.56 Å². The summed E-state index contributed by atoms with van der Waals surface area (Å²) in [6, 6.07) is 1.81. The van der Waals surface area contributed by atoms with Gasteiger partial charge >= 0.3 is 5.97 Å². The average Bonchev–Trinajstić information content (AvgIpc) is 2.86. The number of anilines is 1. The Morgan fingerprint density at radius 1 is 1.40 bits per heavy atom. The van der Waals surface area contributed by atoms with Crippen molar-refractivity contribution in [3.63, 3.8) is 0 Å². The molecule has 0 bridgehead atoms. The van der Waals surface area contributed by atoms with Crippen LogP contribution in [0.2, 0.25) is 0 Å². The van der Waals surface area contributed by atoms with Gasteiger partial charge in [-0.3, -0.25) is 4.98 Å². The Morgan fingerprint density at radius 3 is 2.75 bits per heavy atom. The number of nitrogens with one attached hydrogen (secondary N) is 1. The van der Waals surface area contributed by atoms with E-state index in [2.05, 4.69) is 15.2 Å². The third-order valence-corrected chi connectivity index (χ3v) is 3.71. The molecule has 2 rings (SSSR count). The number of hydrogen-bond donors (Lipinski definition) is 2. The van der Waals surface area contributed by atoms with Crippen LogP contribution >= 0.6 is 0 Å². The summed E-state index contributed by atoms with van der Waals surface area (Å²) in [5.74, 6) is -0.919. The number of nitrogens with zero attached hydrogens (tertiary/aromatic N) is 2. The SMILES string of the molecule is Cc1cc(NCCCN2CCCC2)c(C(=O)O)c(C)n1. The number of hydrogen-bond acceptors (Lipinski definition) is 4. The van der Waals surface area contributed by atoms with Crippen LogP contribution in [0.5, 0.6) is 0 Å². The fourth-order valence-corrected chi connectivity index (χ4v) is 2.77. The molecule has 1 fully saturated rings. The van der Waals surface area contributed by atoms with Crippen LogP contribution in [0.1, 0.15) is 41.0 Å². The number of likely N-dealkylation sites (tertiary alicyclic amines) is 1. The second kappa shape index (κ2) is 6.70. The molecule has 1 aliphatic heterocycles. The van der Waals surface area contributed by atoms with Crippen LogP contribution in [-0.2, 0) is 0 Å². The van der Waals surface area contributed by atoms with Gasteiger partial charge in [0.25, 0.3) is 0 Å². The Kier molecular flexibility index (Phi) is 4.95. The highest BCUT2D eigenvalue weighted by Crippen LogP contribution is 2.19. The van der Waals surface area contributed by atoms with Gasteiger partial charge in [-0.25, -0.2) is 4.79 Å². The first kappa shape index (κ1) is 14.8. The molecule has 2 N–H and O–H groups in total. The third-order valence-electron chi connectivity index (χ3n) is 3.71. The van der Waals surface area contributed by atoms with E-state index in [1.165, 1.54) is 25.9 Å². The van der Waals surface area contributed by atoms with E-state index in [9.17, 15) is 9.90 Å². The molecule has 5 heteroatoms. The average molecular weight is 277 g/mol. The minimum atomic E-state index is -0.919. The summed E-state index contributed by atoms with van der Waals surface area (Å²) in [5, 5.41) is 12.5. The minimum absolute atomic E-state index is 0.289. The summed E-state index contributed by atoms with van der Waals surface area (Å²) in [7, 11) is 0. The number of carbonyl (C=O) groups is 1. The van der Waals surface area contributed by atoms with Crippen molar-refractivity contribution in [2.24, 2.45) is 0 Å². The summed E-state index contributed by atoms with van der Waals surface area (Å²) >= 11 is 0. The first-order valence-electron chi connectivity index (χ1n) is 7.25. The standard InChI is InChI=1S/C15H23N3O2/c1-11-10-13(14(15(19)20)12(2)17-11)16-6-5-9-18-7-3-4-8-18/h10H,3-9H2,1-2H3,(H,16,17)(H,19,20). The highest BCUT2D eigenvalue weighted by Gasteiger charge is 2.15. The third kappa shape index (κ3) is 3.70. The highest BCUT2D eigenvalue weighted by molar-refractivity contribution is 5.95. The second-order valence-corrected chi connectivity index (χ2v) is 5.41. The molecule has 1 saturated heterocycles. The molecule has 2 heterocycles. The lowest BCUT2D eigenvalue weighted by Crippen LogP contribution is -2.22. The van der Waals surface area contributed by atoms with Gasteiger partial charge in [0, 0.05) is 12.2 Å². The molecule has 1 aromatic heterocycles. The lowest BCUT2D eigenvalue weighted by Gasteiger charge is -2.16. The van der Waals surface area contributed by atoms with E-state index in [0.29, 0.717) is 11.4 Å². The predicted octanol–water partition coefficient (Wildman–Crippen LogP) is 2.29. The minimum Gasteiger partial charge on any atom is -0.478 e. The number of aromatic carboxylic acids is 1. The van der Waals surface area contributed by atoms with Gasteiger partial charge < -0.3 is 15.3 Å². The fraction of sp³-hybridized carbons (Fsp3) is 0.600. The summed E-state index contributed by atoms with van der Waals surface area (Å²) in [5.41, 5.74) is 2.38. The van der Waals surface area contributed by atoms with Crippen molar-refractivity contribution in [3.8, 4) is 0 Å². The molecule has 110 valence electrons. The lowest BCUT2D eigenvalue weighted by atomic mass is 10.1. The molecule has 0 aliphatic carbocycles. The number of carboxylic acid groups (broad SMARTS) is 1. The van der Waals surface area contributed by atoms with E-state index < -0.39 is 5.97 Å². The van der Waals surface area contributed by atoms with Gasteiger partial charge in [-0.15, -0.1) is 0 Å². The Hall–Kier alpha value is -1.62. The fourth-order valence-electron chi connectivity index (χ4n) is 2.77. The zero-order valence-electron chi connectivity index (χ0n) is 12.3. The molecular weight excluding hydrogens is 254 g/mol. The van der Waals surface area contributed by atoms with Gasteiger partial charge in [-0.05, 0) is 58.8 Å². The molecule has 0 amide bonds. The highest BCUT2D eigenvalue weighted by atomic mass is 16.4. The normalized spacial score (nSPS) is 15.5. The van der Waals surface area contributed by atoms with Gasteiger partial charge in [0.2, 0.25) is 0 Å². The van der Waals surface area contributed by atoms with Crippen molar-refractivity contribution in [1.82, 2.24) is 9.88 Å². The summed E-state index contributed by atoms with van der Waals surface area (Å²) < 4.78 is 0. The quantitative estimate of drug-likeness (QED) is 0.781. The number of carboxylic acids is 1. The molecule has 0 atom stereocenters. The van der Waals surface area contributed by atoms with E-state index in [-0.39, 0.29) is 5.56 Å². The predicted molar refractivity (Wildman–Crippen MR) is 79.5 cm³/mol. The Balaban J connectivity index is 1.92. The molecule has 5 nitrogen and oxygen atoms in total. The largest absolute Gasteiger partial charge is 0.478 e. The Labute approximate surface area is 120 Å². The maximum atomic E-state index is 11.3. The number of aryl methyl sites for hydroxylation is 2. The first-order valence-corrected chi connectivity index (χ1v) is 7.25. The first-order chi connectivity index (χ1) is 9.58. The van der Waals surface area contributed by atoms with E-state index >= 15 is 0 Å². The van der Waals surface area contributed by atoms with Gasteiger partial charge in [0.15, 0.2) is 0 Å². The van der Waals surface area contributed by atoms with Crippen molar-refractivity contribution < 1.29 is 9.90 Å². The molecule has 1 aliphatic rings. The van der Waals surface area contributed by atoms with Crippen LogP contribution < -0.4 is 5.32 Å². The zero-order valence-corrected chi connectivity index (χ0v) is 12.3. The van der Waals surface area contributed by atoms with Crippen LogP contribution in [0, 0.1) is 13.8 Å². The van der Waals surface area contributed by atoms with Crippen molar-refractivity contribution in [2.45, 2.75) is 33.1 Å². The molecule has 20 heavy (non-hydrogen) atoms. The van der Waals surface area contributed by atoms with Crippen molar-refractivity contribution in [3.05, 3.63) is 23.0 Å². The maximum absolute atomic E-state index is 11.3. The van der Waals surface area contributed by atoms with E-state index in [1.54, 1.807) is 6.92 Å². The summed E-state index contributed by atoms with van der Waals surface area (Å²) in [6.07, 6.45) is 3.64. The number of rotatable bonds is 6. The van der Waals surface area contributed by atoms with Crippen molar-refractivity contribution in [1.29, 1.82) is 0 Å². The van der Waals surface area contributed by atoms with E-state index in [4.69, 9.17) is 0 Å². The topological polar surface area (TPSA) is 65.5 Å². The number of aromatic nitrogens is 1. The molecule has 0 spiro atoms. The molecule has 0 aromatic carbocycles. The number of pyridine rings is 1. The molecular formula is C15H23N3O2. The van der Waals surface area contributed by atoms with Crippen LogP contribution in [-0.4, -0.2) is 47.1 Å². The Bertz CT molecular complexity index is 482. The lowest BCUT2D eigenvalue weighted by molar-refractivity contribution is 0.0696. The molecule has 0 unspecified atom stereocenters.